The molecule has 128 valence electrons. The van der Waals surface area contributed by atoms with E-state index in [4.69, 9.17) is 4.74 Å². The molecule has 0 aliphatic carbocycles. The fourth-order valence-corrected chi connectivity index (χ4v) is 3.18. The summed E-state index contributed by atoms with van der Waals surface area (Å²) in [5.74, 6) is 0.0988. The fraction of sp³-hybridized carbons (Fsp3) is 0.650. The molecule has 0 aromatic rings. The highest BCUT2D eigenvalue weighted by Gasteiger charge is 2.35. The first-order valence-corrected chi connectivity index (χ1v) is 8.78. The number of rotatable bonds is 1. The van der Waals surface area contributed by atoms with Crippen molar-refractivity contribution in [2.45, 2.75) is 77.9 Å². The van der Waals surface area contributed by atoms with E-state index in [1.165, 1.54) is 11.1 Å². The maximum Gasteiger partial charge on any atom is 0.334 e. The maximum atomic E-state index is 12.5. The molecule has 23 heavy (non-hydrogen) atoms. The third-order valence-corrected chi connectivity index (χ3v) is 4.97. The van der Waals surface area contributed by atoms with E-state index in [9.17, 15) is 9.90 Å². The van der Waals surface area contributed by atoms with Crippen LogP contribution in [-0.4, -0.2) is 22.8 Å². The van der Waals surface area contributed by atoms with Gasteiger partial charge in [-0.15, -0.1) is 0 Å². The van der Waals surface area contributed by atoms with Crippen molar-refractivity contribution in [1.82, 2.24) is 0 Å². The van der Waals surface area contributed by atoms with E-state index in [2.05, 4.69) is 26.8 Å². The van der Waals surface area contributed by atoms with Gasteiger partial charge in [-0.1, -0.05) is 37.1 Å². The molecular weight excluding hydrogens is 288 g/mol. The molecule has 0 saturated heterocycles. The van der Waals surface area contributed by atoms with Gasteiger partial charge in [0.1, 0.15) is 11.7 Å². The summed E-state index contributed by atoms with van der Waals surface area (Å²) in [6.45, 7) is 8.24. The van der Waals surface area contributed by atoms with Crippen LogP contribution in [0.15, 0.2) is 34.9 Å². The number of allylic oxidation sites excluding steroid dienone is 4. The highest BCUT2D eigenvalue weighted by atomic mass is 16.6. The highest BCUT2D eigenvalue weighted by molar-refractivity contribution is 5.88. The summed E-state index contributed by atoms with van der Waals surface area (Å²) in [6, 6.07) is 0. The molecule has 0 radical (unpaired) electrons. The molecule has 3 nitrogen and oxygen atoms in total. The summed E-state index contributed by atoms with van der Waals surface area (Å²) >= 11 is 0. The Labute approximate surface area is 140 Å². The smallest absolute Gasteiger partial charge is 0.334 e. The van der Waals surface area contributed by atoms with Crippen LogP contribution in [-0.2, 0) is 9.53 Å². The van der Waals surface area contributed by atoms with Crippen LogP contribution in [0.1, 0.15) is 66.2 Å². The van der Waals surface area contributed by atoms with E-state index in [-0.39, 0.29) is 5.97 Å². The topological polar surface area (TPSA) is 46.5 Å². The quantitative estimate of drug-likeness (QED) is 0.573. The van der Waals surface area contributed by atoms with Crippen LogP contribution >= 0.6 is 0 Å². The molecule has 2 aliphatic heterocycles. The molecule has 2 unspecified atom stereocenters. The summed E-state index contributed by atoms with van der Waals surface area (Å²) in [4.78, 5) is 12.5. The van der Waals surface area contributed by atoms with Crippen LogP contribution in [0.4, 0.5) is 0 Å². The molecule has 1 N–H and O–H groups in total. The highest BCUT2D eigenvalue weighted by Crippen LogP contribution is 2.30. The lowest BCUT2D eigenvalue weighted by atomic mass is 9.86. The van der Waals surface area contributed by atoms with Gasteiger partial charge in [0.05, 0.1) is 0 Å². The third-order valence-electron chi connectivity index (χ3n) is 4.97. The minimum Gasteiger partial charge on any atom is -0.452 e. The monoisotopic (exact) mass is 318 g/mol. The second-order valence-corrected chi connectivity index (χ2v) is 7.44. The van der Waals surface area contributed by atoms with E-state index >= 15 is 0 Å². The van der Waals surface area contributed by atoms with Crippen LogP contribution in [0.25, 0.3) is 0 Å². The lowest BCUT2D eigenvalue weighted by molar-refractivity contribution is -0.155. The van der Waals surface area contributed by atoms with E-state index < -0.39 is 11.7 Å². The predicted octanol–water partition coefficient (Wildman–Crippen LogP) is 4.47. The van der Waals surface area contributed by atoms with Gasteiger partial charge >= 0.3 is 5.97 Å². The van der Waals surface area contributed by atoms with Gasteiger partial charge in [-0.3, -0.25) is 0 Å². The molecule has 2 heterocycles. The Bertz CT molecular complexity index is 535. The molecule has 3 heteroatoms. The number of hydrogen-bond donors (Lipinski definition) is 1. The summed E-state index contributed by atoms with van der Waals surface area (Å²) in [6.07, 6.45) is 10.5. The van der Waals surface area contributed by atoms with E-state index in [1.807, 2.05) is 12.2 Å². The molecule has 0 saturated carbocycles. The van der Waals surface area contributed by atoms with Crippen molar-refractivity contribution in [2.24, 2.45) is 5.92 Å². The van der Waals surface area contributed by atoms with Gasteiger partial charge < -0.3 is 9.84 Å². The number of carbonyl (C=O) groups is 1. The van der Waals surface area contributed by atoms with Crippen molar-refractivity contribution in [2.75, 3.05) is 0 Å². The Kier molecular flexibility index (Phi) is 5.85. The van der Waals surface area contributed by atoms with Gasteiger partial charge in [-0.05, 0) is 64.4 Å². The molecule has 0 spiro atoms. The van der Waals surface area contributed by atoms with Crippen molar-refractivity contribution in [3.8, 4) is 0 Å². The second-order valence-electron chi connectivity index (χ2n) is 7.44. The first kappa shape index (κ1) is 18.0. The Morgan fingerprint density at radius 1 is 1.22 bits per heavy atom. The average molecular weight is 318 g/mol. The van der Waals surface area contributed by atoms with Crippen LogP contribution < -0.4 is 0 Å². The number of fused-ring (bicyclic) bond motifs is 3. The van der Waals surface area contributed by atoms with Crippen molar-refractivity contribution >= 4 is 5.97 Å². The molecule has 2 rings (SSSR count). The number of carbonyl (C=O) groups excluding carboxylic acids is 1. The SMILES string of the molecule is C/C1=C/CC/C2=C/CCC(C)(O)C(/C=C(/C(C)C)CC1)OC2=O. The summed E-state index contributed by atoms with van der Waals surface area (Å²) in [5.41, 5.74) is 2.34. The number of esters is 1. The Balaban J connectivity index is 2.43. The van der Waals surface area contributed by atoms with Crippen molar-refractivity contribution in [3.05, 3.63) is 34.9 Å². The minimum atomic E-state index is -1.02. The zero-order chi connectivity index (χ0) is 17.0. The van der Waals surface area contributed by atoms with E-state index in [0.717, 1.165) is 24.8 Å². The van der Waals surface area contributed by atoms with Crippen molar-refractivity contribution in [1.29, 1.82) is 0 Å². The van der Waals surface area contributed by atoms with Crippen LogP contribution in [0.2, 0.25) is 0 Å². The third kappa shape index (κ3) is 4.81. The van der Waals surface area contributed by atoms with Crippen LogP contribution in [0.3, 0.4) is 0 Å². The number of hydrogen-bond acceptors (Lipinski definition) is 3. The van der Waals surface area contributed by atoms with E-state index in [1.54, 1.807) is 6.92 Å². The first-order valence-electron chi connectivity index (χ1n) is 8.78. The second kappa shape index (κ2) is 7.48. The van der Waals surface area contributed by atoms with Gasteiger partial charge in [-0.25, -0.2) is 4.79 Å². The van der Waals surface area contributed by atoms with Gasteiger partial charge in [0.2, 0.25) is 0 Å². The van der Waals surface area contributed by atoms with Gasteiger partial charge in [0.25, 0.3) is 0 Å². The fourth-order valence-electron chi connectivity index (χ4n) is 3.18. The summed E-state index contributed by atoms with van der Waals surface area (Å²) < 4.78 is 5.70. The number of aliphatic hydroxyl groups is 1. The lowest BCUT2D eigenvalue weighted by Gasteiger charge is -2.33. The van der Waals surface area contributed by atoms with Gasteiger partial charge in [-0.2, -0.15) is 0 Å². The Morgan fingerprint density at radius 3 is 2.65 bits per heavy atom. The summed E-state index contributed by atoms with van der Waals surface area (Å²) in [5, 5.41) is 10.8. The summed E-state index contributed by atoms with van der Waals surface area (Å²) in [7, 11) is 0. The molecular formula is C20H30O3. The molecule has 2 aliphatic rings. The predicted molar refractivity (Wildman–Crippen MR) is 93.0 cm³/mol. The molecule has 2 atom stereocenters. The normalized spacial score (nSPS) is 37.0. The number of ether oxygens (including phenoxy) is 1. The minimum absolute atomic E-state index is 0.277. The van der Waals surface area contributed by atoms with Crippen molar-refractivity contribution < 1.29 is 14.6 Å². The zero-order valence-corrected chi connectivity index (χ0v) is 14.9. The van der Waals surface area contributed by atoms with Gasteiger partial charge in [0, 0.05) is 5.57 Å². The maximum absolute atomic E-state index is 12.5. The Hall–Kier alpha value is -1.35. The zero-order valence-electron chi connectivity index (χ0n) is 14.9. The van der Waals surface area contributed by atoms with Crippen molar-refractivity contribution in [3.63, 3.8) is 0 Å². The molecule has 0 amide bonds. The lowest BCUT2D eigenvalue weighted by Crippen LogP contribution is -2.42. The molecule has 0 aromatic carbocycles. The van der Waals surface area contributed by atoms with E-state index in [0.29, 0.717) is 25.2 Å². The van der Waals surface area contributed by atoms with Gasteiger partial charge in [0.15, 0.2) is 0 Å². The molecule has 0 aromatic heterocycles. The van der Waals surface area contributed by atoms with Crippen LogP contribution in [0, 0.1) is 5.92 Å². The largest absolute Gasteiger partial charge is 0.452 e. The molecule has 2 bridgehead atoms. The standard InChI is InChI=1S/C20H30O3/c1-14(2)17-11-10-15(3)7-5-8-16-9-6-12-20(4,22)18(13-17)23-19(16)21/h7,9,13-14,18,22H,5-6,8,10-12H2,1-4H3/b15-7-,16-9-,17-13+. The van der Waals surface area contributed by atoms with Crippen LogP contribution in [0.5, 0.6) is 0 Å². The average Bonchev–Trinajstić information content (AvgIpc) is 2.45. The Morgan fingerprint density at radius 2 is 1.96 bits per heavy atom. The first-order chi connectivity index (χ1) is 10.8. The molecule has 0 fully saturated rings.